The number of ketones is 1. The molecule has 1 aromatic carbocycles. The largest absolute Gasteiger partial charge is 0.490 e. The molecule has 1 heterocycles. The first kappa shape index (κ1) is 9.88. The van der Waals surface area contributed by atoms with E-state index >= 15 is 0 Å². The number of carbonyl (C=O) groups is 1. The van der Waals surface area contributed by atoms with Crippen molar-refractivity contribution in [2.24, 2.45) is 5.92 Å². The summed E-state index contributed by atoms with van der Waals surface area (Å²) in [6.07, 6.45) is 4.86. The lowest BCUT2D eigenvalue weighted by atomic mass is 9.83. The molecule has 2 nitrogen and oxygen atoms in total. The van der Waals surface area contributed by atoms with Gasteiger partial charge in [0.2, 0.25) is 0 Å². The Morgan fingerprint density at radius 1 is 1.12 bits per heavy atom. The summed E-state index contributed by atoms with van der Waals surface area (Å²) in [4.78, 5) is 11.2. The highest BCUT2D eigenvalue weighted by molar-refractivity contribution is 5.79. The van der Waals surface area contributed by atoms with Crippen LogP contribution in [0.5, 0.6) is 5.75 Å². The average Bonchev–Trinajstić information content (AvgIpc) is 2.73. The molecule has 2 aliphatic rings. The van der Waals surface area contributed by atoms with E-state index in [1.165, 1.54) is 5.56 Å². The first-order valence-corrected chi connectivity index (χ1v) is 6.09. The molecule has 2 heteroatoms. The standard InChI is InChI=1S/C14H16O2/c15-12-7-5-10(6-8-12)14-9-11-3-1-2-4-13(11)16-14/h1-4,10,14H,5-9H2/t14-/m0/s1. The van der Waals surface area contributed by atoms with Crippen LogP contribution in [-0.2, 0) is 11.2 Å². The molecule has 1 saturated carbocycles. The van der Waals surface area contributed by atoms with Crippen molar-refractivity contribution in [2.75, 3.05) is 0 Å². The molecule has 1 aliphatic heterocycles. The molecule has 16 heavy (non-hydrogen) atoms. The highest BCUT2D eigenvalue weighted by Gasteiger charge is 2.32. The molecule has 0 bridgehead atoms. The van der Waals surface area contributed by atoms with Crippen LogP contribution >= 0.6 is 0 Å². The SMILES string of the molecule is O=C1CCC([C@@H]2Cc3ccccc3O2)CC1. The highest BCUT2D eigenvalue weighted by atomic mass is 16.5. The lowest BCUT2D eigenvalue weighted by molar-refractivity contribution is -0.121. The molecule has 3 rings (SSSR count). The Morgan fingerprint density at radius 3 is 2.62 bits per heavy atom. The van der Waals surface area contributed by atoms with Gasteiger partial charge in [-0.3, -0.25) is 4.79 Å². The quantitative estimate of drug-likeness (QED) is 0.721. The number of hydrogen-bond acceptors (Lipinski definition) is 2. The van der Waals surface area contributed by atoms with Crippen molar-refractivity contribution in [3.05, 3.63) is 29.8 Å². The fraction of sp³-hybridized carbons (Fsp3) is 0.500. The smallest absolute Gasteiger partial charge is 0.132 e. The van der Waals surface area contributed by atoms with Crippen LogP contribution in [-0.4, -0.2) is 11.9 Å². The third-order valence-electron chi connectivity index (χ3n) is 3.79. The van der Waals surface area contributed by atoms with E-state index in [4.69, 9.17) is 4.74 Å². The molecule has 1 aromatic rings. The zero-order valence-electron chi connectivity index (χ0n) is 9.32. The van der Waals surface area contributed by atoms with Gasteiger partial charge in [-0.05, 0) is 30.4 Å². The van der Waals surface area contributed by atoms with Gasteiger partial charge in [-0.25, -0.2) is 0 Å². The van der Waals surface area contributed by atoms with Gasteiger partial charge in [0.15, 0.2) is 0 Å². The van der Waals surface area contributed by atoms with Gasteiger partial charge in [-0.15, -0.1) is 0 Å². The van der Waals surface area contributed by atoms with Crippen molar-refractivity contribution in [1.29, 1.82) is 0 Å². The summed E-state index contributed by atoms with van der Waals surface area (Å²) >= 11 is 0. The van der Waals surface area contributed by atoms with E-state index in [0.717, 1.165) is 37.9 Å². The van der Waals surface area contributed by atoms with Crippen LogP contribution in [0.1, 0.15) is 31.2 Å². The number of Topliss-reactive ketones (excluding diaryl/α,β-unsaturated/α-hetero) is 1. The number of hydrogen-bond donors (Lipinski definition) is 0. The fourth-order valence-electron chi connectivity index (χ4n) is 2.81. The lowest BCUT2D eigenvalue weighted by Crippen LogP contribution is -2.29. The maximum atomic E-state index is 11.2. The van der Waals surface area contributed by atoms with E-state index in [2.05, 4.69) is 12.1 Å². The third kappa shape index (κ3) is 1.73. The van der Waals surface area contributed by atoms with Crippen LogP contribution in [0.25, 0.3) is 0 Å². The van der Waals surface area contributed by atoms with E-state index in [1.807, 2.05) is 12.1 Å². The minimum absolute atomic E-state index is 0.311. The number of rotatable bonds is 1. The van der Waals surface area contributed by atoms with Crippen LogP contribution in [0.2, 0.25) is 0 Å². The number of carbonyl (C=O) groups excluding carboxylic acids is 1. The summed E-state index contributed by atoms with van der Waals surface area (Å²) in [7, 11) is 0. The molecule has 84 valence electrons. The van der Waals surface area contributed by atoms with Crippen molar-refractivity contribution >= 4 is 5.78 Å². The molecular weight excluding hydrogens is 200 g/mol. The van der Waals surface area contributed by atoms with Crippen molar-refractivity contribution in [2.45, 2.75) is 38.2 Å². The fourth-order valence-corrected chi connectivity index (χ4v) is 2.81. The lowest BCUT2D eigenvalue weighted by Gasteiger charge is -2.26. The molecule has 0 aromatic heterocycles. The van der Waals surface area contributed by atoms with E-state index in [1.54, 1.807) is 0 Å². The number of benzene rings is 1. The number of fused-ring (bicyclic) bond motifs is 1. The third-order valence-corrected chi connectivity index (χ3v) is 3.79. The summed E-state index contributed by atoms with van der Waals surface area (Å²) < 4.78 is 5.97. The Kier molecular flexibility index (Phi) is 2.43. The molecule has 1 fully saturated rings. The normalized spacial score (nSPS) is 25.2. The summed E-state index contributed by atoms with van der Waals surface area (Å²) in [6.45, 7) is 0. The van der Waals surface area contributed by atoms with Gasteiger partial charge in [-0.2, -0.15) is 0 Å². The Labute approximate surface area is 95.6 Å². The maximum Gasteiger partial charge on any atom is 0.132 e. The second kappa shape index (κ2) is 3.93. The highest BCUT2D eigenvalue weighted by Crippen LogP contribution is 2.36. The maximum absolute atomic E-state index is 11.2. The molecular formula is C14H16O2. The summed E-state index contributed by atoms with van der Waals surface area (Å²) in [5.41, 5.74) is 1.32. The van der Waals surface area contributed by atoms with E-state index < -0.39 is 0 Å². The molecule has 1 aliphatic carbocycles. The second-order valence-electron chi connectivity index (χ2n) is 4.84. The average molecular weight is 216 g/mol. The van der Waals surface area contributed by atoms with Crippen molar-refractivity contribution in [3.8, 4) is 5.75 Å². The minimum atomic E-state index is 0.311. The molecule has 0 amide bonds. The zero-order chi connectivity index (χ0) is 11.0. The Morgan fingerprint density at radius 2 is 1.88 bits per heavy atom. The van der Waals surface area contributed by atoms with E-state index in [-0.39, 0.29) is 0 Å². The topological polar surface area (TPSA) is 26.3 Å². The summed E-state index contributed by atoms with van der Waals surface area (Å²) in [6, 6.07) is 8.27. The first-order valence-electron chi connectivity index (χ1n) is 6.09. The molecule has 1 atom stereocenters. The van der Waals surface area contributed by atoms with Gasteiger partial charge in [0.05, 0.1) is 0 Å². The number of para-hydroxylation sites is 1. The monoisotopic (exact) mass is 216 g/mol. The molecule has 0 N–H and O–H groups in total. The predicted octanol–water partition coefficient (Wildman–Crippen LogP) is 2.75. The Hall–Kier alpha value is -1.31. The van der Waals surface area contributed by atoms with Gasteiger partial charge in [0.25, 0.3) is 0 Å². The van der Waals surface area contributed by atoms with Gasteiger partial charge in [0, 0.05) is 19.3 Å². The Bertz CT molecular complexity index is 376. The molecule has 0 spiro atoms. The zero-order valence-corrected chi connectivity index (χ0v) is 9.32. The molecule has 0 radical (unpaired) electrons. The van der Waals surface area contributed by atoms with Crippen LogP contribution in [0.3, 0.4) is 0 Å². The second-order valence-corrected chi connectivity index (χ2v) is 4.84. The van der Waals surface area contributed by atoms with Crippen molar-refractivity contribution in [3.63, 3.8) is 0 Å². The van der Waals surface area contributed by atoms with Crippen LogP contribution in [0.4, 0.5) is 0 Å². The van der Waals surface area contributed by atoms with Crippen molar-refractivity contribution < 1.29 is 9.53 Å². The van der Waals surface area contributed by atoms with Gasteiger partial charge < -0.3 is 4.74 Å². The summed E-state index contributed by atoms with van der Waals surface area (Å²) in [5.74, 6) is 2.04. The predicted molar refractivity (Wildman–Crippen MR) is 61.5 cm³/mol. The van der Waals surface area contributed by atoms with Gasteiger partial charge in [-0.1, -0.05) is 18.2 Å². The van der Waals surface area contributed by atoms with Gasteiger partial charge >= 0.3 is 0 Å². The van der Waals surface area contributed by atoms with Gasteiger partial charge in [0.1, 0.15) is 17.6 Å². The van der Waals surface area contributed by atoms with Crippen LogP contribution in [0.15, 0.2) is 24.3 Å². The summed E-state index contributed by atoms with van der Waals surface area (Å²) in [5, 5.41) is 0. The Balaban J connectivity index is 1.69. The minimum Gasteiger partial charge on any atom is -0.490 e. The number of ether oxygens (including phenoxy) is 1. The van der Waals surface area contributed by atoms with Crippen LogP contribution < -0.4 is 4.74 Å². The van der Waals surface area contributed by atoms with E-state index in [9.17, 15) is 4.79 Å². The molecule has 0 unspecified atom stereocenters. The van der Waals surface area contributed by atoms with E-state index in [0.29, 0.717) is 17.8 Å². The van der Waals surface area contributed by atoms with Crippen LogP contribution in [0, 0.1) is 5.92 Å². The van der Waals surface area contributed by atoms with Crippen molar-refractivity contribution in [1.82, 2.24) is 0 Å². The molecule has 0 saturated heterocycles. The first-order chi connectivity index (χ1) is 7.83.